The fourth-order valence-corrected chi connectivity index (χ4v) is 1.34. The van der Waals surface area contributed by atoms with Gasteiger partial charge in [-0.1, -0.05) is 6.92 Å². The van der Waals surface area contributed by atoms with Gasteiger partial charge in [0.05, 0.1) is 5.56 Å². The topological polar surface area (TPSA) is 75.6 Å². The Hall–Kier alpha value is -2.11. The predicted molar refractivity (Wildman–Crippen MR) is 66.8 cm³/mol. The molecule has 1 unspecified atom stereocenters. The van der Waals surface area contributed by atoms with E-state index in [2.05, 4.69) is 5.32 Å². The van der Waals surface area contributed by atoms with Gasteiger partial charge in [0.25, 0.3) is 5.91 Å². The second-order valence-corrected chi connectivity index (χ2v) is 4.15. The first kappa shape index (κ1) is 14.9. The van der Waals surface area contributed by atoms with Gasteiger partial charge in [0.15, 0.2) is 6.61 Å². The third-order valence-corrected chi connectivity index (χ3v) is 2.51. The van der Waals surface area contributed by atoms with Crippen LogP contribution >= 0.6 is 0 Å². The van der Waals surface area contributed by atoms with Crippen LogP contribution in [0.5, 0.6) is 5.75 Å². The lowest BCUT2D eigenvalue weighted by atomic mass is 10.2. The normalized spacial score (nSPS) is 11.7. The van der Waals surface area contributed by atoms with Crippen molar-refractivity contribution in [3.05, 3.63) is 29.6 Å². The SMILES string of the molecule is CCC(C)NC(=O)COc1cc(F)cc(C(=O)O)c1. The van der Waals surface area contributed by atoms with Crippen molar-refractivity contribution in [2.75, 3.05) is 6.61 Å². The Balaban J connectivity index is 2.62. The summed E-state index contributed by atoms with van der Waals surface area (Å²) in [5.74, 6) is -2.31. The lowest BCUT2D eigenvalue weighted by molar-refractivity contribution is -0.123. The van der Waals surface area contributed by atoms with E-state index in [0.29, 0.717) is 0 Å². The van der Waals surface area contributed by atoms with Gasteiger partial charge in [-0.05, 0) is 25.5 Å². The molecule has 0 radical (unpaired) electrons. The minimum absolute atomic E-state index is 0.0108. The molecule has 0 aromatic heterocycles. The van der Waals surface area contributed by atoms with Gasteiger partial charge in [0.1, 0.15) is 11.6 Å². The predicted octanol–water partition coefficient (Wildman–Crippen LogP) is 1.82. The summed E-state index contributed by atoms with van der Waals surface area (Å²) >= 11 is 0. The molecule has 0 spiro atoms. The Bertz CT molecular complexity index is 476. The number of carboxylic acids is 1. The zero-order chi connectivity index (χ0) is 14.4. The zero-order valence-corrected chi connectivity index (χ0v) is 10.8. The second-order valence-electron chi connectivity index (χ2n) is 4.15. The number of benzene rings is 1. The van der Waals surface area contributed by atoms with E-state index in [9.17, 15) is 14.0 Å². The molecule has 5 nitrogen and oxygen atoms in total. The van der Waals surface area contributed by atoms with Crippen molar-refractivity contribution in [1.82, 2.24) is 5.32 Å². The van der Waals surface area contributed by atoms with Crippen molar-refractivity contribution in [1.29, 1.82) is 0 Å². The number of nitrogens with one attached hydrogen (secondary N) is 1. The van der Waals surface area contributed by atoms with Crippen molar-refractivity contribution in [3.63, 3.8) is 0 Å². The third kappa shape index (κ3) is 4.95. The maximum absolute atomic E-state index is 13.1. The Morgan fingerprint density at radius 1 is 1.42 bits per heavy atom. The average molecular weight is 269 g/mol. The molecule has 0 aliphatic heterocycles. The lowest BCUT2D eigenvalue weighted by Crippen LogP contribution is -2.35. The molecule has 104 valence electrons. The van der Waals surface area contributed by atoms with Crippen LogP contribution in [0.1, 0.15) is 30.6 Å². The number of rotatable bonds is 6. The zero-order valence-electron chi connectivity index (χ0n) is 10.8. The summed E-state index contributed by atoms with van der Waals surface area (Å²) < 4.78 is 18.2. The quantitative estimate of drug-likeness (QED) is 0.826. The van der Waals surface area contributed by atoms with E-state index in [1.807, 2.05) is 13.8 Å². The molecule has 1 aromatic rings. The molecule has 0 saturated carbocycles. The van der Waals surface area contributed by atoms with Crippen LogP contribution in [0.4, 0.5) is 4.39 Å². The van der Waals surface area contributed by atoms with Crippen LogP contribution in [0, 0.1) is 5.82 Å². The largest absolute Gasteiger partial charge is 0.484 e. The number of hydrogen-bond donors (Lipinski definition) is 2. The highest BCUT2D eigenvalue weighted by Crippen LogP contribution is 2.16. The fourth-order valence-electron chi connectivity index (χ4n) is 1.34. The first-order valence-corrected chi connectivity index (χ1v) is 5.88. The third-order valence-electron chi connectivity index (χ3n) is 2.51. The molecule has 1 rings (SSSR count). The number of amides is 1. The first-order chi connectivity index (χ1) is 8.92. The highest BCUT2D eigenvalue weighted by molar-refractivity contribution is 5.88. The number of hydrogen-bond acceptors (Lipinski definition) is 3. The van der Waals surface area contributed by atoms with Crippen molar-refractivity contribution < 1.29 is 23.8 Å². The van der Waals surface area contributed by atoms with Gasteiger partial charge in [-0.15, -0.1) is 0 Å². The minimum atomic E-state index is -1.26. The van der Waals surface area contributed by atoms with Crippen LogP contribution < -0.4 is 10.1 Å². The summed E-state index contributed by atoms with van der Waals surface area (Å²) in [5.41, 5.74) is -0.225. The van der Waals surface area contributed by atoms with Crippen LogP contribution in [-0.2, 0) is 4.79 Å². The molecular formula is C13H16FNO4. The summed E-state index contributed by atoms with van der Waals surface area (Å²) in [4.78, 5) is 22.2. The van der Waals surface area contributed by atoms with Crippen LogP contribution in [0.25, 0.3) is 0 Å². The summed E-state index contributed by atoms with van der Waals surface area (Å²) in [5, 5.41) is 11.4. The highest BCUT2D eigenvalue weighted by atomic mass is 19.1. The molecule has 0 heterocycles. The molecule has 0 bridgehead atoms. The number of carboxylic acid groups (broad SMARTS) is 1. The lowest BCUT2D eigenvalue weighted by Gasteiger charge is -2.12. The van der Waals surface area contributed by atoms with E-state index >= 15 is 0 Å². The van der Waals surface area contributed by atoms with E-state index in [1.165, 1.54) is 6.07 Å². The van der Waals surface area contributed by atoms with Gasteiger partial charge in [0, 0.05) is 12.1 Å². The van der Waals surface area contributed by atoms with Gasteiger partial charge < -0.3 is 15.2 Å². The fraction of sp³-hybridized carbons (Fsp3) is 0.385. The summed E-state index contributed by atoms with van der Waals surface area (Å²) in [6, 6.07) is 3.11. The monoisotopic (exact) mass is 269 g/mol. The van der Waals surface area contributed by atoms with Crippen molar-refractivity contribution in [2.45, 2.75) is 26.3 Å². The molecule has 1 atom stereocenters. The number of ether oxygens (including phenoxy) is 1. The standard InChI is InChI=1S/C13H16FNO4/c1-3-8(2)15-12(16)7-19-11-5-9(13(17)18)4-10(14)6-11/h4-6,8H,3,7H2,1-2H3,(H,15,16)(H,17,18). The molecule has 0 aliphatic rings. The van der Waals surface area contributed by atoms with E-state index in [0.717, 1.165) is 18.6 Å². The Morgan fingerprint density at radius 2 is 2.11 bits per heavy atom. The van der Waals surface area contributed by atoms with Gasteiger partial charge in [-0.3, -0.25) is 4.79 Å². The Kier molecular flexibility index (Phi) is 5.29. The Morgan fingerprint density at radius 3 is 2.68 bits per heavy atom. The molecule has 0 fully saturated rings. The van der Waals surface area contributed by atoms with Crippen LogP contribution in [0.15, 0.2) is 18.2 Å². The van der Waals surface area contributed by atoms with E-state index in [1.54, 1.807) is 0 Å². The molecular weight excluding hydrogens is 253 g/mol. The summed E-state index contributed by atoms with van der Waals surface area (Å²) in [7, 11) is 0. The highest BCUT2D eigenvalue weighted by Gasteiger charge is 2.10. The van der Waals surface area contributed by atoms with Crippen LogP contribution in [-0.4, -0.2) is 29.6 Å². The maximum Gasteiger partial charge on any atom is 0.335 e. The number of carbonyl (C=O) groups excluding carboxylic acids is 1. The van der Waals surface area contributed by atoms with E-state index < -0.39 is 11.8 Å². The minimum Gasteiger partial charge on any atom is -0.484 e. The molecule has 6 heteroatoms. The molecule has 1 amide bonds. The molecule has 1 aromatic carbocycles. The van der Waals surface area contributed by atoms with Gasteiger partial charge in [0.2, 0.25) is 0 Å². The Labute approximate surface area is 110 Å². The maximum atomic E-state index is 13.1. The van der Waals surface area contributed by atoms with Crippen molar-refractivity contribution in [2.24, 2.45) is 0 Å². The second kappa shape index (κ2) is 6.72. The number of carbonyl (C=O) groups is 2. The summed E-state index contributed by atoms with van der Waals surface area (Å²) in [6.07, 6.45) is 0.787. The molecule has 2 N–H and O–H groups in total. The number of halogens is 1. The summed E-state index contributed by atoms with van der Waals surface area (Å²) in [6.45, 7) is 3.49. The average Bonchev–Trinajstić information content (AvgIpc) is 2.35. The van der Waals surface area contributed by atoms with Gasteiger partial charge in [-0.2, -0.15) is 0 Å². The van der Waals surface area contributed by atoms with E-state index in [-0.39, 0.29) is 29.9 Å². The molecule has 19 heavy (non-hydrogen) atoms. The van der Waals surface area contributed by atoms with Crippen LogP contribution in [0.3, 0.4) is 0 Å². The first-order valence-electron chi connectivity index (χ1n) is 5.88. The molecule has 0 aliphatic carbocycles. The van der Waals surface area contributed by atoms with Crippen LogP contribution in [0.2, 0.25) is 0 Å². The van der Waals surface area contributed by atoms with E-state index in [4.69, 9.17) is 9.84 Å². The van der Waals surface area contributed by atoms with Gasteiger partial charge >= 0.3 is 5.97 Å². The van der Waals surface area contributed by atoms with Gasteiger partial charge in [-0.25, -0.2) is 9.18 Å². The van der Waals surface area contributed by atoms with Crippen molar-refractivity contribution in [3.8, 4) is 5.75 Å². The van der Waals surface area contributed by atoms with Crippen molar-refractivity contribution >= 4 is 11.9 Å². The smallest absolute Gasteiger partial charge is 0.335 e. The number of aromatic carboxylic acids is 1. The molecule has 0 saturated heterocycles.